The van der Waals surface area contributed by atoms with E-state index in [9.17, 15) is 5.11 Å². The summed E-state index contributed by atoms with van der Waals surface area (Å²) in [6.45, 7) is 3.48. The zero-order valence-corrected chi connectivity index (χ0v) is 17.0. The number of rotatable bonds is 4. The minimum atomic E-state index is -0.573. The van der Waals surface area contributed by atoms with Gasteiger partial charge in [0.1, 0.15) is 0 Å². The minimum Gasteiger partial charge on any atom is -0.372 e. The molecule has 1 N–H and O–H groups in total. The van der Waals surface area contributed by atoms with Crippen molar-refractivity contribution in [1.29, 1.82) is 0 Å². The highest BCUT2D eigenvalue weighted by Crippen LogP contribution is 2.56. The van der Waals surface area contributed by atoms with Gasteiger partial charge >= 0.3 is 0 Å². The summed E-state index contributed by atoms with van der Waals surface area (Å²) in [5.41, 5.74) is -0.0748. The Morgan fingerprint density at radius 2 is 1.67 bits per heavy atom. The molecule has 152 valence electrons. The van der Waals surface area contributed by atoms with Gasteiger partial charge in [0.25, 0.3) is 0 Å². The molecule has 0 amide bonds. The van der Waals surface area contributed by atoms with E-state index in [2.05, 4.69) is 19.1 Å². The number of ether oxygens (including phenoxy) is 2. The quantitative estimate of drug-likeness (QED) is 0.698. The Kier molecular flexibility index (Phi) is 5.15. The van der Waals surface area contributed by atoms with Gasteiger partial charge in [-0.2, -0.15) is 0 Å². The fourth-order valence-corrected chi connectivity index (χ4v) is 7.34. The summed E-state index contributed by atoms with van der Waals surface area (Å²) < 4.78 is 12.6. The van der Waals surface area contributed by atoms with Crippen LogP contribution in [0.5, 0.6) is 0 Å². The molecule has 3 heteroatoms. The Hall–Kier alpha value is -0.380. The molecule has 27 heavy (non-hydrogen) atoms. The summed E-state index contributed by atoms with van der Waals surface area (Å²) in [4.78, 5) is 0. The van der Waals surface area contributed by atoms with Crippen molar-refractivity contribution in [3.63, 3.8) is 0 Å². The van der Waals surface area contributed by atoms with Gasteiger partial charge in [-0.25, -0.2) is 0 Å². The van der Waals surface area contributed by atoms with E-state index in [1.54, 1.807) is 0 Å². The lowest BCUT2D eigenvalue weighted by Gasteiger charge is -2.54. The van der Waals surface area contributed by atoms with Crippen LogP contribution in [0.15, 0.2) is 12.2 Å². The third-order valence-electron chi connectivity index (χ3n) is 8.99. The van der Waals surface area contributed by atoms with Crippen LogP contribution in [0, 0.1) is 35.5 Å². The second-order valence-corrected chi connectivity index (χ2v) is 10.3. The molecule has 0 radical (unpaired) electrons. The Balaban J connectivity index is 1.31. The van der Waals surface area contributed by atoms with E-state index in [0.717, 1.165) is 74.2 Å². The van der Waals surface area contributed by atoms with E-state index in [-0.39, 0.29) is 11.7 Å². The normalized spacial score (nSPS) is 48.5. The van der Waals surface area contributed by atoms with Gasteiger partial charge in [-0.15, -0.1) is 0 Å². The number of aliphatic hydroxyl groups excluding tert-OH is 1. The smallest absolute Gasteiger partial charge is 0.155 e. The molecule has 0 bridgehead atoms. The van der Waals surface area contributed by atoms with Crippen LogP contribution in [-0.4, -0.2) is 29.7 Å². The SMILES string of the molecule is CC1C2CC=CCC2C(COC2(C3CCCC(O)O3)CC2)C2CCCCC12. The highest BCUT2D eigenvalue weighted by Gasteiger charge is 2.55. The predicted molar refractivity (Wildman–Crippen MR) is 106 cm³/mol. The van der Waals surface area contributed by atoms with Gasteiger partial charge in [0.15, 0.2) is 6.29 Å². The van der Waals surface area contributed by atoms with Crippen LogP contribution < -0.4 is 0 Å². The molecule has 4 aliphatic carbocycles. The number of hydrogen-bond donors (Lipinski definition) is 1. The predicted octanol–water partition coefficient (Wildman–Crippen LogP) is 5.08. The first-order valence-electron chi connectivity index (χ1n) is 11.8. The maximum absolute atomic E-state index is 9.94. The van der Waals surface area contributed by atoms with Crippen LogP contribution in [0.1, 0.15) is 77.6 Å². The molecule has 5 aliphatic rings. The second-order valence-electron chi connectivity index (χ2n) is 10.3. The van der Waals surface area contributed by atoms with Gasteiger partial charge in [0.2, 0.25) is 0 Å². The molecule has 1 saturated heterocycles. The van der Waals surface area contributed by atoms with Crippen LogP contribution >= 0.6 is 0 Å². The van der Waals surface area contributed by atoms with Gasteiger partial charge in [0, 0.05) is 0 Å². The molecule has 0 aromatic carbocycles. The second kappa shape index (κ2) is 7.46. The molecule has 0 aromatic rings. The largest absolute Gasteiger partial charge is 0.372 e. The van der Waals surface area contributed by atoms with Gasteiger partial charge in [0.05, 0.1) is 18.3 Å². The van der Waals surface area contributed by atoms with Gasteiger partial charge in [-0.05, 0) is 93.3 Å². The third-order valence-corrected chi connectivity index (χ3v) is 8.99. The zero-order valence-electron chi connectivity index (χ0n) is 17.0. The summed E-state index contributed by atoms with van der Waals surface area (Å²) in [5, 5.41) is 9.94. The number of hydrogen-bond acceptors (Lipinski definition) is 3. The van der Waals surface area contributed by atoms with Crippen molar-refractivity contribution in [2.24, 2.45) is 35.5 Å². The Morgan fingerprint density at radius 3 is 2.41 bits per heavy atom. The van der Waals surface area contributed by atoms with Crippen LogP contribution in [-0.2, 0) is 9.47 Å². The lowest BCUT2D eigenvalue weighted by atomic mass is 9.52. The lowest BCUT2D eigenvalue weighted by molar-refractivity contribution is -0.212. The van der Waals surface area contributed by atoms with Crippen LogP contribution in [0.4, 0.5) is 0 Å². The summed E-state index contributed by atoms with van der Waals surface area (Å²) in [6, 6.07) is 0. The molecule has 4 fully saturated rings. The Bertz CT molecular complexity index is 554. The van der Waals surface area contributed by atoms with Crippen molar-refractivity contribution in [2.45, 2.75) is 95.5 Å². The zero-order chi connectivity index (χ0) is 18.4. The first kappa shape index (κ1) is 18.6. The first-order valence-corrected chi connectivity index (χ1v) is 11.8. The Morgan fingerprint density at radius 1 is 0.926 bits per heavy atom. The molecule has 3 nitrogen and oxygen atoms in total. The summed E-state index contributed by atoms with van der Waals surface area (Å²) >= 11 is 0. The summed E-state index contributed by atoms with van der Waals surface area (Å²) in [7, 11) is 0. The van der Waals surface area contributed by atoms with E-state index in [1.165, 1.54) is 38.5 Å². The van der Waals surface area contributed by atoms with E-state index in [0.29, 0.717) is 0 Å². The maximum Gasteiger partial charge on any atom is 0.155 e. The van der Waals surface area contributed by atoms with Crippen LogP contribution in [0.25, 0.3) is 0 Å². The minimum absolute atomic E-state index is 0.0748. The van der Waals surface area contributed by atoms with E-state index < -0.39 is 6.29 Å². The highest BCUT2D eigenvalue weighted by molar-refractivity contribution is 5.07. The standard InChI is InChI=1S/C24H38O3/c1-16-17-7-2-4-9-19(17)21(20-10-5-3-8-18(16)20)15-26-24(13-14-24)22-11-6-12-23(25)27-22/h2,4,16-23,25H,3,5-15H2,1H3. The third kappa shape index (κ3) is 3.42. The summed E-state index contributed by atoms with van der Waals surface area (Å²) in [6.07, 6.45) is 17.8. The fourth-order valence-electron chi connectivity index (χ4n) is 7.34. The molecule has 3 saturated carbocycles. The topological polar surface area (TPSA) is 38.7 Å². The summed E-state index contributed by atoms with van der Waals surface area (Å²) in [5.74, 6) is 5.09. The number of allylic oxidation sites excluding steroid dienone is 2. The van der Waals surface area contributed by atoms with Crippen LogP contribution in [0.3, 0.4) is 0 Å². The van der Waals surface area contributed by atoms with Gasteiger partial charge in [-0.3, -0.25) is 0 Å². The van der Waals surface area contributed by atoms with Crippen molar-refractivity contribution in [3.05, 3.63) is 12.2 Å². The molecule has 8 atom stereocenters. The maximum atomic E-state index is 9.94. The molecule has 0 spiro atoms. The average Bonchev–Trinajstić information content (AvgIpc) is 3.49. The van der Waals surface area contributed by atoms with Gasteiger partial charge < -0.3 is 14.6 Å². The molecule has 5 rings (SSSR count). The van der Waals surface area contributed by atoms with Crippen molar-refractivity contribution in [3.8, 4) is 0 Å². The highest BCUT2D eigenvalue weighted by atomic mass is 16.6. The van der Waals surface area contributed by atoms with Crippen molar-refractivity contribution >= 4 is 0 Å². The number of fused-ring (bicyclic) bond motifs is 2. The Labute approximate surface area is 164 Å². The van der Waals surface area contributed by atoms with E-state index in [1.807, 2.05) is 0 Å². The monoisotopic (exact) mass is 374 g/mol. The molecule has 0 aromatic heterocycles. The molecular formula is C24H38O3. The van der Waals surface area contributed by atoms with Crippen molar-refractivity contribution in [2.75, 3.05) is 6.61 Å². The van der Waals surface area contributed by atoms with Gasteiger partial charge in [-0.1, -0.05) is 31.9 Å². The van der Waals surface area contributed by atoms with Crippen LogP contribution in [0.2, 0.25) is 0 Å². The molecular weight excluding hydrogens is 336 g/mol. The van der Waals surface area contributed by atoms with Crippen molar-refractivity contribution < 1.29 is 14.6 Å². The first-order chi connectivity index (χ1) is 13.2. The molecule has 1 aliphatic heterocycles. The average molecular weight is 375 g/mol. The van der Waals surface area contributed by atoms with Crippen molar-refractivity contribution in [1.82, 2.24) is 0 Å². The number of aliphatic hydroxyl groups is 1. The van der Waals surface area contributed by atoms with E-state index in [4.69, 9.17) is 9.47 Å². The fraction of sp³-hybridized carbons (Fsp3) is 0.917. The molecule has 8 unspecified atom stereocenters. The lowest BCUT2D eigenvalue weighted by Crippen LogP contribution is -2.50. The molecule has 1 heterocycles. The van der Waals surface area contributed by atoms with E-state index >= 15 is 0 Å².